The lowest BCUT2D eigenvalue weighted by Crippen LogP contribution is -2.30. The van der Waals surface area contributed by atoms with Gasteiger partial charge in [0, 0.05) is 11.3 Å². The van der Waals surface area contributed by atoms with Crippen LogP contribution in [0.3, 0.4) is 0 Å². The molecule has 4 rings (SSSR count). The van der Waals surface area contributed by atoms with Crippen LogP contribution in [0.2, 0.25) is 0 Å². The van der Waals surface area contributed by atoms with Crippen LogP contribution in [0.5, 0.6) is 5.75 Å². The van der Waals surface area contributed by atoms with E-state index in [1.807, 2.05) is 31.2 Å². The third-order valence-electron chi connectivity index (χ3n) is 5.33. The number of hydrogen-bond acceptors (Lipinski definition) is 3. The quantitative estimate of drug-likeness (QED) is 0.676. The van der Waals surface area contributed by atoms with E-state index in [9.17, 15) is 9.18 Å². The van der Waals surface area contributed by atoms with E-state index in [-0.39, 0.29) is 17.8 Å². The smallest absolute Gasteiger partial charge is 0.277 e. The lowest BCUT2D eigenvalue weighted by Gasteiger charge is -2.28. The lowest BCUT2D eigenvalue weighted by molar-refractivity contribution is 0.0988. The zero-order chi connectivity index (χ0) is 20.7. The number of aryl methyl sites for hydroxylation is 1. The fourth-order valence-corrected chi connectivity index (χ4v) is 4.00. The lowest BCUT2D eigenvalue weighted by atomic mass is 9.92. The fourth-order valence-electron chi connectivity index (χ4n) is 4.00. The first-order chi connectivity index (χ1) is 13.9. The van der Waals surface area contributed by atoms with Crippen LogP contribution in [0.1, 0.15) is 52.8 Å². The third kappa shape index (κ3) is 3.28. The van der Waals surface area contributed by atoms with Crippen LogP contribution in [0.4, 0.5) is 10.1 Å². The molecule has 3 aromatic rings. The Hall–Kier alpha value is -3.15. The molecule has 1 aliphatic heterocycles. The molecule has 0 spiro atoms. The fraction of sp³-hybridized carbons (Fsp3) is 0.304. The van der Waals surface area contributed by atoms with E-state index in [0.717, 1.165) is 40.2 Å². The molecular formula is C23H24FN3O2. The molecule has 1 N–H and O–H groups in total. The average molecular weight is 393 g/mol. The minimum absolute atomic E-state index is 0.138. The molecule has 2 heterocycles. The van der Waals surface area contributed by atoms with Crippen LogP contribution >= 0.6 is 0 Å². The Kier molecular flexibility index (Phi) is 4.86. The molecule has 1 amide bonds. The number of ether oxygens (including phenoxy) is 1. The van der Waals surface area contributed by atoms with Gasteiger partial charge in [0.15, 0.2) is 0 Å². The van der Waals surface area contributed by atoms with Crippen LogP contribution in [-0.4, -0.2) is 23.2 Å². The maximum atomic E-state index is 13.8. The highest BCUT2D eigenvalue weighted by Crippen LogP contribution is 2.44. The number of nitrogens with one attached hydrogen (secondary N) is 1. The van der Waals surface area contributed by atoms with Crippen LogP contribution < -0.4 is 9.64 Å². The van der Waals surface area contributed by atoms with Gasteiger partial charge in [0.05, 0.1) is 18.8 Å². The minimum atomic E-state index is -0.362. The number of amides is 1. The second-order valence-electron chi connectivity index (χ2n) is 7.83. The maximum absolute atomic E-state index is 13.8. The number of nitrogens with zero attached hydrogens (tertiary/aromatic N) is 2. The van der Waals surface area contributed by atoms with Crippen molar-refractivity contribution in [3.8, 4) is 5.75 Å². The molecule has 1 aliphatic rings. The maximum Gasteiger partial charge on any atom is 0.277 e. The van der Waals surface area contributed by atoms with Crippen molar-refractivity contribution < 1.29 is 13.9 Å². The van der Waals surface area contributed by atoms with Gasteiger partial charge in [-0.15, -0.1) is 0 Å². The van der Waals surface area contributed by atoms with Gasteiger partial charge in [-0.05, 0) is 66.8 Å². The van der Waals surface area contributed by atoms with E-state index in [2.05, 4.69) is 24.0 Å². The Morgan fingerprint density at radius 3 is 2.55 bits per heavy atom. The molecule has 5 nitrogen and oxygen atoms in total. The minimum Gasteiger partial charge on any atom is -0.497 e. The highest BCUT2D eigenvalue weighted by molar-refractivity contribution is 6.10. The van der Waals surface area contributed by atoms with Gasteiger partial charge in [0.25, 0.3) is 5.91 Å². The van der Waals surface area contributed by atoms with E-state index in [0.29, 0.717) is 11.6 Å². The Morgan fingerprint density at radius 2 is 1.93 bits per heavy atom. The summed E-state index contributed by atoms with van der Waals surface area (Å²) in [5.74, 6) is 0.681. The second kappa shape index (κ2) is 7.35. The first-order valence-electron chi connectivity index (χ1n) is 9.71. The van der Waals surface area contributed by atoms with Crippen LogP contribution in [0.25, 0.3) is 0 Å². The van der Waals surface area contributed by atoms with Gasteiger partial charge in [-0.1, -0.05) is 19.9 Å². The van der Waals surface area contributed by atoms with Crippen molar-refractivity contribution in [2.24, 2.45) is 5.92 Å². The summed E-state index contributed by atoms with van der Waals surface area (Å²) in [7, 11) is 1.61. The van der Waals surface area contributed by atoms with Crippen LogP contribution in [0.15, 0.2) is 42.5 Å². The molecule has 29 heavy (non-hydrogen) atoms. The number of H-pyrrole nitrogens is 1. The monoisotopic (exact) mass is 393 g/mol. The number of halogens is 1. The molecule has 0 bridgehead atoms. The molecule has 0 saturated heterocycles. The molecule has 1 aromatic heterocycles. The summed E-state index contributed by atoms with van der Waals surface area (Å²) in [6, 6.07) is 11.7. The van der Waals surface area contributed by atoms with Crippen molar-refractivity contribution in [2.75, 3.05) is 12.0 Å². The number of aromatic amines is 1. The molecule has 0 radical (unpaired) electrons. The summed E-state index contributed by atoms with van der Waals surface area (Å²) < 4.78 is 19.0. The zero-order valence-corrected chi connectivity index (χ0v) is 17.0. The number of fused-ring (bicyclic) bond motifs is 1. The summed E-state index contributed by atoms with van der Waals surface area (Å²) in [5.41, 5.74) is 4.71. The van der Waals surface area contributed by atoms with Gasteiger partial charge in [-0.3, -0.25) is 14.8 Å². The normalized spacial score (nSPS) is 15.9. The zero-order valence-electron chi connectivity index (χ0n) is 17.0. The van der Waals surface area contributed by atoms with Crippen molar-refractivity contribution >= 4 is 11.6 Å². The standard InChI is InChI=1S/C23H24FN3O2/c1-13(2)11-19-20-21(26-25-19)23(28)27(16-6-8-17(29-4)9-7-16)22(20)18-10-5-15(24)12-14(18)3/h5-10,12-13,22H,11H2,1-4H3,(H,25,26). The Morgan fingerprint density at radius 1 is 1.21 bits per heavy atom. The highest BCUT2D eigenvalue weighted by Gasteiger charge is 2.43. The molecule has 0 fully saturated rings. The van der Waals surface area contributed by atoms with E-state index in [4.69, 9.17) is 4.74 Å². The average Bonchev–Trinajstić information content (AvgIpc) is 3.21. The number of carbonyl (C=O) groups is 1. The summed E-state index contributed by atoms with van der Waals surface area (Å²) in [6.45, 7) is 6.11. The topological polar surface area (TPSA) is 58.2 Å². The number of aromatic nitrogens is 2. The van der Waals surface area contributed by atoms with Crippen molar-refractivity contribution in [3.05, 3.63) is 76.4 Å². The predicted octanol–water partition coefficient (Wildman–Crippen LogP) is 4.81. The second-order valence-corrected chi connectivity index (χ2v) is 7.83. The van der Waals surface area contributed by atoms with E-state index < -0.39 is 0 Å². The number of hydrogen-bond donors (Lipinski definition) is 1. The van der Waals surface area contributed by atoms with Crippen molar-refractivity contribution in [3.63, 3.8) is 0 Å². The first kappa shape index (κ1) is 19.2. The Balaban J connectivity index is 1.89. The van der Waals surface area contributed by atoms with Gasteiger partial charge >= 0.3 is 0 Å². The molecule has 6 heteroatoms. The summed E-state index contributed by atoms with van der Waals surface area (Å²) in [5, 5.41) is 7.39. The summed E-state index contributed by atoms with van der Waals surface area (Å²) >= 11 is 0. The van der Waals surface area contributed by atoms with Crippen molar-refractivity contribution in [1.29, 1.82) is 0 Å². The van der Waals surface area contributed by atoms with Crippen LogP contribution in [0, 0.1) is 18.7 Å². The largest absolute Gasteiger partial charge is 0.497 e. The van der Waals surface area contributed by atoms with Gasteiger partial charge in [0.1, 0.15) is 17.3 Å². The van der Waals surface area contributed by atoms with E-state index >= 15 is 0 Å². The third-order valence-corrected chi connectivity index (χ3v) is 5.33. The Labute approximate surface area is 169 Å². The van der Waals surface area contributed by atoms with Gasteiger partial charge in [-0.25, -0.2) is 4.39 Å². The molecule has 2 aromatic carbocycles. The molecular weight excluding hydrogens is 369 g/mol. The van der Waals surface area contributed by atoms with Gasteiger partial charge in [0.2, 0.25) is 0 Å². The summed E-state index contributed by atoms with van der Waals surface area (Å²) in [4.78, 5) is 15.1. The van der Waals surface area contributed by atoms with Gasteiger partial charge < -0.3 is 4.74 Å². The van der Waals surface area contributed by atoms with Crippen LogP contribution in [-0.2, 0) is 6.42 Å². The van der Waals surface area contributed by atoms with Crippen molar-refractivity contribution in [2.45, 2.75) is 33.2 Å². The number of anilines is 1. The van der Waals surface area contributed by atoms with E-state index in [1.54, 1.807) is 18.1 Å². The number of methoxy groups -OCH3 is 1. The molecule has 0 aliphatic carbocycles. The Bertz CT molecular complexity index is 1060. The highest BCUT2D eigenvalue weighted by atomic mass is 19.1. The van der Waals surface area contributed by atoms with Gasteiger partial charge in [-0.2, -0.15) is 5.10 Å². The SMILES string of the molecule is COc1ccc(N2C(=O)c3[nH]nc(CC(C)C)c3C2c2ccc(F)cc2C)cc1. The molecule has 1 atom stereocenters. The number of carbonyl (C=O) groups excluding carboxylic acids is 1. The van der Waals surface area contributed by atoms with Crippen molar-refractivity contribution in [1.82, 2.24) is 10.2 Å². The predicted molar refractivity (Wildman–Crippen MR) is 110 cm³/mol. The number of benzene rings is 2. The number of rotatable bonds is 5. The molecule has 0 saturated carbocycles. The van der Waals surface area contributed by atoms with E-state index in [1.165, 1.54) is 12.1 Å². The first-order valence-corrected chi connectivity index (χ1v) is 9.71. The molecule has 150 valence electrons. The summed E-state index contributed by atoms with van der Waals surface area (Å²) in [6.07, 6.45) is 0.756. The molecule has 1 unspecified atom stereocenters.